The summed E-state index contributed by atoms with van der Waals surface area (Å²) < 4.78 is 2.14. The van der Waals surface area contributed by atoms with Crippen LogP contribution in [0.4, 0.5) is 0 Å². The van der Waals surface area contributed by atoms with Gasteiger partial charge in [0, 0.05) is 11.7 Å². The van der Waals surface area contributed by atoms with Crippen LogP contribution >= 0.6 is 0 Å². The van der Waals surface area contributed by atoms with Crippen molar-refractivity contribution >= 4 is 0 Å². The molecule has 0 fully saturated rings. The Hall–Kier alpha value is -0.790. The van der Waals surface area contributed by atoms with Gasteiger partial charge in [0.15, 0.2) is 0 Å². The van der Waals surface area contributed by atoms with Crippen LogP contribution in [0.5, 0.6) is 0 Å². The Morgan fingerprint density at radius 2 is 1.73 bits per heavy atom. The van der Waals surface area contributed by atoms with Gasteiger partial charge in [-0.15, -0.1) is 0 Å². The summed E-state index contributed by atoms with van der Waals surface area (Å²) in [7, 11) is 0. The summed E-state index contributed by atoms with van der Waals surface area (Å²) >= 11 is 0. The third-order valence-corrected chi connectivity index (χ3v) is 2.67. The van der Waals surface area contributed by atoms with E-state index in [0.717, 1.165) is 6.42 Å². The number of hydrogen-bond acceptors (Lipinski definition) is 1. The molecule has 0 bridgehead atoms. The molecule has 1 rings (SSSR count). The van der Waals surface area contributed by atoms with E-state index < -0.39 is 0 Å². The third-order valence-electron chi connectivity index (χ3n) is 2.67. The highest BCUT2D eigenvalue weighted by molar-refractivity contribution is 5.26. The average molecular weight is 208 g/mol. The Kier molecular flexibility index (Phi) is 3.27. The zero-order valence-corrected chi connectivity index (χ0v) is 11.2. The third kappa shape index (κ3) is 2.83. The van der Waals surface area contributed by atoms with Crippen molar-refractivity contribution in [3.8, 4) is 0 Å². The quantitative estimate of drug-likeness (QED) is 0.725. The topological polar surface area (TPSA) is 17.8 Å². The molecule has 2 nitrogen and oxygen atoms in total. The molecule has 1 aromatic rings. The molecule has 0 N–H and O–H groups in total. The van der Waals surface area contributed by atoms with Gasteiger partial charge >= 0.3 is 0 Å². The molecule has 1 aromatic heterocycles. The van der Waals surface area contributed by atoms with E-state index in [1.807, 2.05) is 0 Å². The monoisotopic (exact) mass is 208 g/mol. The number of nitrogens with zero attached hydrogens (tertiary/aromatic N) is 2. The van der Waals surface area contributed by atoms with Crippen molar-refractivity contribution in [2.45, 2.75) is 60.9 Å². The van der Waals surface area contributed by atoms with Crippen molar-refractivity contribution in [1.82, 2.24) is 9.78 Å². The van der Waals surface area contributed by atoms with Crippen molar-refractivity contribution < 1.29 is 0 Å². The molecule has 15 heavy (non-hydrogen) atoms. The van der Waals surface area contributed by atoms with E-state index in [4.69, 9.17) is 0 Å². The summed E-state index contributed by atoms with van der Waals surface area (Å²) in [6.07, 6.45) is 1.11. The molecule has 0 aliphatic heterocycles. The van der Waals surface area contributed by atoms with Gasteiger partial charge in [-0.1, -0.05) is 20.8 Å². The molecule has 2 heteroatoms. The van der Waals surface area contributed by atoms with Crippen LogP contribution in [-0.2, 0) is 6.42 Å². The average Bonchev–Trinajstić information content (AvgIpc) is 2.29. The molecular weight excluding hydrogens is 184 g/mol. The molecular formula is C13H24N2. The molecule has 0 radical (unpaired) electrons. The molecule has 0 aliphatic carbocycles. The molecule has 0 unspecified atom stereocenters. The summed E-state index contributed by atoms with van der Waals surface area (Å²) in [5, 5.41) is 4.61. The first-order valence-corrected chi connectivity index (χ1v) is 5.77. The normalized spacial score (nSPS) is 12.5. The maximum Gasteiger partial charge on any atom is 0.0628 e. The SMILES string of the molecule is Cc1nn(C(C)C)c(C)c1CC(C)(C)C. The Balaban J connectivity index is 3.09. The van der Waals surface area contributed by atoms with Gasteiger partial charge < -0.3 is 0 Å². The lowest BCUT2D eigenvalue weighted by molar-refractivity contribution is 0.408. The van der Waals surface area contributed by atoms with Crippen LogP contribution < -0.4 is 0 Å². The number of hydrogen-bond donors (Lipinski definition) is 0. The zero-order valence-electron chi connectivity index (χ0n) is 11.2. The van der Waals surface area contributed by atoms with Gasteiger partial charge in [0.2, 0.25) is 0 Å². The summed E-state index contributed by atoms with van der Waals surface area (Å²) in [5.41, 5.74) is 4.28. The second-order valence-corrected chi connectivity index (χ2v) is 5.93. The van der Waals surface area contributed by atoms with E-state index in [9.17, 15) is 0 Å². The van der Waals surface area contributed by atoms with Gasteiger partial charge in [-0.05, 0) is 45.1 Å². The molecule has 0 aliphatic rings. The standard InChI is InChI=1S/C13H24N2/c1-9(2)15-11(4)12(10(3)14-15)8-13(5,6)7/h9H,8H2,1-7H3. The maximum absolute atomic E-state index is 4.61. The fourth-order valence-corrected chi connectivity index (χ4v) is 1.99. The van der Waals surface area contributed by atoms with Gasteiger partial charge in [0.1, 0.15) is 0 Å². The van der Waals surface area contributed by atoms with Crippen LogP contribution in [0.25, 0.3) is 0 Å². The van der Waals surface area contributed by atoms with Gasteiger partial charge in [0.05, 0.1) is 5.69 Å². The lowest BCUT2D eigenvalue weighted by atomic mass is 9.87. The predicted molar refractivity (Wildman–Crippen MR) is 65.2 cm³/mol. The Labute approximate surface area is 93.7 Å². The van der Waals surface area contributed by atoms with Crippen molar-refractivity contribution in [3.63, 3.8) is 0 Å². The summed E-state index contributed by atoms with van der Waals surface area (Å²) in [6.45, 7) is 15.5. The van der Waals surface area contributed by atoms with Crippen molar-refractivity contribution in [3.05, 3.63) is 17.0 Å². The lowest BCUT2D eigenvalue weighted by Crippen LogP contribution is -2.11. The lowest BCUT2D eigenvalue weighted by Gasteiger charge is -2.18. The summed E-state index contributed by atoms with van der Waals surface area (Å²) in [5.74, 6) is 0. The Bertz CT molecular complexity index is 340. The van der Waals surface area contributed by atoms with Crippen LogP contribution in [0.1, 0.15) is 57.6 Å². The fourth-order valence-electron chi connectivity index (χ4n) is 1.99. The summed E-state index contributed by atoms with van der Waals surface area (Å²) in [4.78, 5) is 0. The molecule has 0 saturated carbocycles. The number of aromatic nitrogens is 2. The molecule has 86 valence electrons. The zero-order chi connectivity index (χ0) is 11.8. The minimum Gasteiger partial charge on any atom is -0.267 e. The molecule has 0 atom stereocenters. The van der Waals surface area contributed by atoms with Crippen LogP contribution in [-0.4, -0.2) is 9.78 Å². The van der Waals surface area contributed by atoms with E-state index >= 15 is 0 Å². The Morgan fingerprint density at radius 1 is 1.20 bits per heavy atom. The highest BCUT2D eigenvalue weighted by atomic mass is 15.3. The molecule has 0 amide bonds. The number of rotatable bonds is 2. The minimum atomic E-state index is 0.334. The second kappa shape index (κ2) is 3.99. The Morgan fingerprint density at radius 3 is 2.07 bits per heavy atom. The van der Waals surface area contributed by atoms with Gasteiger partial charge in [-0.3, -0.25) is 4.68 Å². The van der Waals surface area contributed by atoms with Crippen LogP contribution in [0.2, 0.25) is 0 Å². The van der Waals surface area contributed by atoms with E-state index in [1.165, 1.54) is 17.0 Å². The van der Waals surface area contributed by atoms with Crippen LogP contribution in [0, 0.1) is 19.3 Å². The van der Waals surface area contributed by atoms with Crippen molar-refractivity contribution in [1.29, 1.82) is 0 Å². The molecule has 0 aromatic carbocycles. The highest BCUT2D eigenvalue weighted by Crippen LogP contribution is 2.26. The van der Waals surface area contributed by atoms with E-state index in [1.54, 1.807) is 0 Å². The smallest absolute Gasteiger partial charge is 0.0628 e. The van der Waals surface area contributed by atoms with E-state index in [2.05, 4.69) is 58.2 Å². The minimum absolute atomic E-state index is 0.334. The first-order valence-electron chi connectivity index (χ1n) is 5.77. The molecule has 1 heterocycles. The van der Waals surface area contributed by atoms with E-state index in [-0.39, 0.29) is 0 Å². The molecule has 0 spiro atoms. The fraction of sp³-hybridized carbons (Fsp3) is 0.769. The first kappa shape index (κ1) is 12.3. The largest absolute Gasteiger partial charge is 0.267 e. The van der Waals surface area contributed by atoms with Gasteiger partial charge in [-0.2, -0.15) is 5.10 Å². The van der Waals surface area contributed by atoms with Gasteiger partial charge in [-0.25, -0.2) is 0 Å². The first-order chi connectivity index (χ1) is 6.72. The maximum atomic E-state index is 4.61. The van der Waals surface area contributed by atoms with Crippen molar-refractivity contribution in [2.24, 2.45) is 5.41 Å². The van der Waals surface area contributed by atoms with Crippen LogP contribution in [0.15, 0.2) is 0 Å². The molecule has 0 saturated heterocycles. The summed E-state index contributed by atoms with van der Waals surface area (Å²) in [6, 6.07) is 0.456. The second-order valence-electron chi connectivity index (χ2n) is 5.93. The highest BCUT2D eigenvalue weighted by Gasteiger charge is 2.19. The van der Waals surface area contributed by atoms with E-state index in [0.29, 0.717) is 11.5 Å². The van der Waals surface area contributed by atoms with Gasteiger partial charge in [0.25, 0.3) is 0 Å². The number of aryl methyl sites for hydroxylation is 1. The predicted octanol–water partition coefficient (Wildman–Crippen LogP) is 3.67. The van der Waals surface area contributed by atoms with Crippen molar-refractivity contribution in [2.75, 3.05) is 0 Å². The van der Waals surface area contributed by atoms with Crippen LogP contribution in [0.3, 0.4) is 0 Å².